The van der Waals surface area contributed by atoms with Gasteiger partial charge in [0.2, 0.25) is 53.2 Å². The molecule has 2 unspecified atom stereocenters. The van der Waals surface area contributed by atoms with Crippen LogP contribution in [-0.4, -0.2) is 149 Å². The van der Waals surface area contributed by atoms with E-state index in [4.69, 9.17) is 28.7 Å². The van der Waals surface area contributed by atoms with E-state index in [-0.39, 0.29) is 81.0 Å². The number of nitrogens with zero attached hydrogens (tertiary/aromatic N) is 2. The lowest BCUT2D eigenvalue weighted by Crippen LogP contribution is -2.63. The molecule has 420 valence electrons. The lowest BCUT2D eigenvalue weighted by Gasteiger charge is -2.31. The van der Waals surface area contributed by atoms with E-state index in [1.807, 2.05) is 50.2 Å². The third-order valence-electron chi connectivity index (χ3n) is 12.1. The van der Waals surface area contributed by atoms with E-state index in [1.54, 1.807) is 19.9 Å². The highest BCUT2D eigenvalue weighted by molar-refractivity contribution is 8.76. The first-order valence-electron chi connectivity index (χ1n) is 25.1. The molecule has 25 nitrogen and oxygen atoms in total. The van der Waals surface area contributed by atoms with Gasteiger partial charge in [-0.1, -0.05) is 98.2 Å². The predicted molar refractivity (Wildman–Crippen MR) is 293 cm³/mol. The van der Waals surface area contributed by atoms with E-state index in [0.29, 0.717) is 12.0 Å². The quantitative estimate of drug-likeness (QED) is 0.0272. The van der Waals surface area contributed by atoms with Gasteiger partial charge in [0.1, 0.15) is 48.3 Å². The van der Waals surface area contributed by atoms with Gasteiger partial charge < -0.3 is 76.3 Å². The second-order valence-electron chi connectivity index (χ2n) is 19.0. The van der Waals surface area contributed by atoms with Crippen LogP contribution in [0.5, 0.6) is 0 Å². The van der Waals surface area contributed by atoms with Crippen LogP contribution in [0.25, 0.3) is 10.8 Å². The topological polar surface area (TPSA) is 425 Å². The molecule has 0 aliphatic carbocycles. The molecule has 9 amide bonds. The monoisotopic (exact) mass is 1100 g/mol. The Morgan fingerprint density at radius 2 is 1.30 bits per heavy atom. The standard InChI is InChI=1S/C49H77N15O10S2/c1-7-26(4)38-46(73)64-39(27(5)65)47(74)59-33(15-11-19-56-49(53)54)42(69)62-37(24-76-75-23-36(57-28(6)66)44(71)61-35(20-25(2)3)43(70)63-38)45(72)58-32(14-10-18-55-48(51)52)41(68)60-34(40(50)67)22-29-16-17-30-12-8-9-13-31(30)21-29/h8-9,12-13,16-17,21,25-27,32-39,65H,7,10-11,14-15,18-20,22-24H2,1-6H3,(H2,50,67)(H,57,66)(H,58,72)(H,59,74)(H,60,68)(H,61,71)(H,62,69)(H,63,70)(H,64,73)(H4,51,52,55)(H4,53,54,56)/t26-,27+,32-,33-,34-,35-,36?,37-,38-,39?/m0/s1. The van der Waals surface area contributed by atoms with Crippen molar-refractivity contribution in [2.75, 3.05) is 24.6 Å². The van der Waals surface area contributed by atoms with Crippen molar-refractivity contribution in [3.63, 3.8) is 0 Å². The third-order valence-corrected chi connectivity index (χ3v) is 14.6. The molecular formula is C49H77N15O10S2. The zero-order valence-corrected chi connectivity index (χ0v) is 45.5. The first-order valence-corrected chi connectivity index (χ1v) is 27.6. The third kappa shape index (κ3) is 21.8. The van der Waals surface area contributed by atoms with Gasteiger partial charge in [0.15, 0.2) is 11.9 Å². The Bertz CT molecular complexity index is 2400. The van der Waals surface area contributed by atoms with E-state index in [0.717, 1.165) is 32.4 Å². The number of hydrogen-bond donors (Lipinski definition) is 14. The minimum Gasteiger partial charge on any atom is -0.391 e. The van der Waals surface area contributed by atoms with Gasteiger partial charge in [-0.25, -0.2) is 0 Å². The Labute approximate surface area is 450 Å². The van der Waals surface area contributed by atoms with Crippen LogP contribution in [0, 0.1) is 11.8 Å². The lowest BCUT2D eigenvalue weighted by molar-refractivity contribution is -0.137. The zero-order valence-electron chi connectivity index (χ0n) is 43.9. The molecule has 1 aliphatic heterocycles. The molecule has 76 heavy (non-hydrogen) atoms. The van der Waals surface area contributed by atoms with Crippen molar-refractivity contribution in [2.45, 2.75) is 141 Å². The Morgan fingerprint density at radius 1 is 0.711 bits per heavy atom. The van der Waals surface area contributed by atoms with E-state index >= 15 is 0 Å². The molecular weight excluding hydrogens is 1020 g/mol. The number of fused-ring (bicyclic) bond motifs is 1. The first kappa shape index (κ1) is 63.4. The number of hydrogen-bond acceptors (Lipinski definition) is 14. The Hall–Kier alpha value is -6.87. The van der Waals surface area contributed by atoms with Gasteiger partial charge in [-0.2, -0.15) is 0 Å². The van der Waals surface area contributed by atoms with Gasteiger partial charge in [0.05, 0.1) is 6.10 Å². The highest BCUT2D eigenvalue weighted by Gasteiger charge is 2.37. The lowest BCUT2D eigenvalue weighted by atomic mass is 9.96. The molecule has 19 N–H and O–H groups in total. The number of amides is 9. The minimum absolute atomic E-state index is 0.00450. The molecule has 0 aromatic heterocycles. The summed E-state index contributed by atoms with van der Waals surface area (Å²) >= 11 is 0. The number of carbonyl (C=O) groups is 9. The SMILES string of the molecule is CC[C@H](C)[C@@H]1NC(=O)[C@H](CC(C)C)NC(=O)C(NC(C)=O)CSSC[C@@H](C(=O)N[C@@H](CCCN=C(N)N)C(=O)N[C@@H](Cc2ccc3ccccc3c2)C(N)=O)NC(=O)[C@H](CCCN=C(N)N)NC(=O)C([C@@H](C)O)NC1=O. The summed E-state index contributed by atoms with van der Waals surface area (Å²) in [5, 5.41) is 33.9. The highest BCUT2D eigenvalue weighted by Crippen LogP contribution is 2.24. The number of aliphatic hydroxyl groups excluding tert-OH is 1. The smallest absolute Gasteiger partial charge is 0.245 e. The van der Waals surface area contributed by atoms with Crippen LogP contribution < -0.4 is 71.2 Å². The normalized spacial score (nSPS) is 21.9. The molecule has 0 radical (unpaired) electrons. The average molecular weight is 1100 g/mol. The van der Waals surface area contributed by atoms with Crippen molar-refractivity contribution in [1.82, 2.24) is 42.5 Å². The van der Waals surface area contributed by atoms with Gasteiger partial charge in [0.25, 0.3) is 0 Å². The van der Waals surface area contributed by atoms with Gasteiger partial charge >= 0.3 is 0 Å². The number of aliphatic imine (C=N–C) groups is 2. The van der Waals surface area contributed by atoms with Gasteiger partial charge in [-0.3, -0.25) is 53.1 Å². The molecule has 2 aromatic carbocycles. The molecule has 2 aromatic rings. The molecule has 1 heterocycles. The molecule has 0 saturated carbocycles. The van der Waals surface area contributed by atoms with Crippen molar-refractivity contribution in [3.8, 4) is 0 Å². The van der Waals surface area contributed by atoms with Gasteiger partial charge in [0, 0.05) is 37.9 Å². The fraction of sp³-hybridized carbons (Fsp3) is 0.571. The summed E-state index contributed by atoms with van der Waals surface area (Å²) in [6.07, 6.45) is -0.999. The number of rotatable bonds is 21. The summed E-state index contributed by atoms with van der Waals surface area (Å²) < 4.78 is 0. The first-order chi connectivity index (χ1) is 35.9. The molecule has 0 spiro atoms. The Balaban J connectivity index is 2.11. The average Bonchev–Trinajstić information content (AvgIpc) is 3.35. The number of guanidine groups is 2. The van der Waals surface area contributed by atoms with Crippen molar-refractivity contribution >= 4 is 97.4 Å². The van der Waals surface area contributed by atoms with Crippen LogP contribution >= 0.6 is 21.6 Å². The van der Waals surface area contributed by atoms with Crippen LogP contribution in [0.4, 0.5) is 0 Å². The number of benzene rings is 2. The van der Waals surface area contributed by atoms with Gasteiger partial charge in [-0.05, 0) is 67.2 Å². The maximum Gasteiger partial charge on any atom is 0.245 e. The highest BCUT2D eigenvalue weighted by atomic mass is 33.1. The van der Waals surface area contributed by atoms with E-state index < -0.39 is 114 Å². The van der Waals surface area contributed by atoms with Crippen molar-refractivity contribution < 1.29 is 48.3 Å². The second-order valence-corrected chi connectivity index (χ2v) is 21.6. The number of nitrogens with one attached hydrogen (secondary N) is 8. The Morgan fingerprint density at radius 3 is 1.91 bits per heavy atom. The van der Waals surface area contributed by atoms with E-state index in [9.17, 15) is 48.3 Å². The van der Waals surface area contributed by atoms with Crippen LogP contribution in [-0.2, 0) is 49.6 Å². The molecule has 1 aliphatic rings. The molecule has 1 saturated heterocycles. The molecule has 10 atom stereocenters. The number of carbonyl (C=O) groups excluding carboxylic acids is 9. The summed E-state index contributed by atoms with van der Waals surface area (Å²) in [5.74, 6) is -8.82. The molecule has 27 heteroatoms. The summed E-state index contributed by atoms with van der Waals surface area (Å²) in [5.41, 5.74) is 28.7. The minimum atomic E-state index is -1.69. The fourth-order valence-electron chi connectivity index (χ4n) is 7.87. The maximum absolute atomic E-state index is 14.6. The zero-order chi connectivity index (χ0) is 56.6. The largest absolute Gasteiger partial charge is 0.391 e. The number of nitrogens with two attached hydrogens (primary N) is 5. The maximum atomic E-state index is 14.6. The number of primary amides is 1. The van der Waals surface area contributed by atoms with Crippen LogP contribution in [0.2, 0.25) is 0 Å². The second kappa shape index (κ2) is 31.9. The van der Waals surface area contributed by atoms with E-state index in [2.05, 4.69) is 52.5 Å². The predicted octanol–water partition coefficient (Wildman–Crippen LogP) is -2.26. The fourth-order valence-corrected chi connectivity index (χ4v) is 10.2. The molecule has 3 rings (SSSR count). The number of aliphatic hydroxyl groups is 1. The van der Waals surface area contributed by atoms with Crippen molar-refractivity contribution in [2.24, 2.45) is 50.5 Å². The summed E-state index contributed by atoms with van der Waals surface area (Å²) in [6.45, 7) is 9.61. The molecule has 1 fully saturated rings. The Kier molecular flexibility index (Phi) is 26.6. The van der Waals surface area contributed by atoms with Crippen LogP contribution in [0.15, 0.2) is 52.4 Å². The van der Waals surface area contributed by atoms with Gasteiger partial charge in [-0.15, -0.1) is 0 Å². The van der Waals surface area contributed by atoms with Crippen molar-refractivity contribution in [1.29, 1.82) is 0 Å². The molecule has 0 bridgehead atoms. The van der Waals surface area contributed by atoms with E-state index in [1.165, 1.54) is 13.8 Å². The summed E-state index contributed by atoms with van der Waals surface area (Å²) in [7, 11) is 2.05. The van der Waals surface area contributed by atoms with Crippen LogP contribution in [0.3, 0.4) is 0 Å². The summed E-state index contributed by atoms with van der Waals surface area (Å²) in [4.78, 5) is 133. The summed E-state index contributed by atoms with van der Waals surface area (Å²) in [6, 6.07) is 2.16. The van der Waals surface area contributed by atoms with Crippen molar-refractivity contribution in [3.05, 3.63) is 48.0 Å². The van der Waals surface area contributed by atoms with Crippen LogP contribution in [0.1, 0.15) is 85.6 Å².